The molecule has 0 N–H and O–H groups in total. The summed E-state index contributed by atoms with van der Waals surface area (Å²) in [5.41, 5.74) is 1.18. The minimum Gasteiger partial charge on any atom is -0.494 e. The van der Waals surface area contributed by atoms with Gasteiger partial charge in [0.1, 0.15) is 11.9 Å². The summed E-state index contributed by atoms with van der Waals surface area (Å²) in [4.78, 5) is 0. The lowest BCUT2D eigenvalue weighted by atomic mass is 10.1. The van der Waals surface area contributed by atoms with Gasteiger partial charge in [-0.2, -0.15) is 0 Å². The lowest BCUT2D eigenvalue weighted by Gasteiger charge is -2.30. The maximum atomic E-state index is 6.03. The van der Waals surface area contributed by atoms with Crippen molar-refractivity contribution in [2.45, 2.75) is 83.8 Å². The van der Waals surface area contributed by atoms with Crippen molar-refractivity contribution in [3.63, 3.8) is 0 Å². The van der Waals surface area contributed by atoms with Gasteiger partial charge in [0, 0.05) is 0 Å². The van der Waals surface area contributed by atoms with Gasteiger partial charge in [0.15, 0.2) is 0 Å². The first-order valence-corrected chi connectivity index (χ1v) is 10.3. The summed E-state index contributed by atoms with van der Waals surface area (Å²) in [5.74, 6) is 0.950. The van der Waals surface area contributed by atoms with E-state index in [0.717, 1.165) is 25.2 Å². The molecule has 0 amide bonds. The fourth-order valence-electron chi connectivity index (χ4n) is 3.20. The minimum atomic E-state index is 0.0606. The van der Waals surface area contributed by atoms with Crippen LogP contribution < -0.4 is 4.74 Å². The van der Waals surface area contributed by atoms with Crippen LogP contribution in [0.15, 0.2) is 24.3 Å². The summed E-state index contributed by atoms with van der Waals surface area (Å²) in [5, 5.41) is 0. The van der Waals surface area contributed by atoms with Crippen LogP contribution in [0.25, 0.3) is 0 Å². The normalized spacial score (nSPS) is 20.6. The summed E-state index contributed by atoms with van der Waals surface area (Å²) in [6, 6.07) is 8.32. The van der Waals surface area contributed by atoms with Crippen molar-refractivity contribution >= 4 is 0 Å². The van der Waals surface area contributed by atoms with Crippen LogP contribution in [-0.2, 0) is 9.47 Å². The Hall–Kier alpha value is -1.06. The van der Waals surface area contributed by atoms with E-state index in [1.807, 2.05) is 0 Å². The summed E-state index contributed by atoms with van der Waals surface area (Å²) in [7, 11) is 0. The van der Waals surface area contributed by atoms with Crippen LogP contribution in [0.4, 0.5) is 0 Å². The standard InChI is InChI=1S/C22H36O3/c1-3-5-7-9-11-21-17-25-22(18-24-21)19-12-14-20(15-13-19)23-16-10-8-6-4-2/h12-15,21-22H,3-11,16-18H2,1-2H3/t21-,22-/m0/s1. The smallest absolute Gasteiger partial charge is 0.119 e. The molecule has 0 aromatic heterocycles. The van der Waals surface area contributed by atoms with Crippen molar-refractivity contribution < 1.29 is 14.2 Å². The molecule has 0 unspecified atom stereocenters. The van der Waals surface area contributed by atoms with Crippen molar-refractivity contribution in [2.75, 3.05) is 19.8 Å². The SMILES string of the molecule is CCCCCCOc1ccc([C@@H]2CO[C@@H](CCCCCC)CO2)cc1. The van der Waals surface area contributed by atoms with Crippen LogP contribution in [0.1, 0.15) is 83.3 Å². The highest BCUT2D eigenvalue weighted by molar-refractivity contribution is 5.28. The van der Waals surface area contributed by atoms with E-state index in [0.29, 0.717) is 13.2 Å². The van der Waals surface area contributed by atoms with Gasteiger partial charge in [-0.1, -0.05) is 70.9 Å². The van der Waals surface area contributed by atoms with Gasteiger partial charge in [0.25, 0.3) is 0 Å². The molecule has 1 aromatic rings. The molecule has 0 radical (unpaired) electrons. The number of hydrogen-bond acceptors (Lipinski definition) is 3. The Bertz CT molecular complexity index is 435. The molecule has 0 spiro atoms. The summed E-state index contributed by atoms with van der Waals surface area (Å²) in [6.07, 6.45) is 11.6. The van der Waals surface area contributed by atoms with E-state index in [1.165, 1.54) is 50.5 Å². The van der Waals surface area contributed by atoms with E-state index in [-0.39, 0.29) is 12.2 Å². The van der Waals surface area contributed by atoms with Crippen LogP contribution in [0.3, 0.4) is 0 Å². The predicted molar refractivity (Wildman–Crippen MR) is 103 cm³/mol. The average Bonchev–Trinajstić information content (AvgIpc) is 2.66. The van der Waals surface area contributed by atoms with Crippen molar-refractivity contribution in [1.82, 2.24) is 0 Å². The molecule has 0 aliphatic carbocycles. The molecule has 0 bridgehead atoms. The molecule has 3 nitrogen and oxygen atoms in total. The highest BCUT2D eigenvalue weighted by atomic mass is 16.6. The van der Waals surface area contributed by atoms with Crippen molar-refractivity contribution in [2.24, 2.45) is 0 Å². The Labute approximate surface area is 154 Å². The number of unbranched alkanes of at least 4 members (excludes halogenated alkanes) is 6. The van der Waals surface area contributed by atoms with Gasteiger partial charge in [-0.05, 0) is 30.5 Å². The highest BCUT2D eigenvalue weighted by Gasteiger charge is 2.23. The van der Waals surface area contributed by atoms with Gasteiger partial charge in [-0.15, -0.1) is 0 Å². The molecule has 2 rings (SSSR count). The number of benzene rings is 1. The highest BCUT2D eigenvalue weighted by Crippen LogP contribution is 2.26. The second-order valence-corrected chi connectivity index (χ2v) is 7.10. The van der Waals surface area contributed by atoms with Crippen molar-refractivity contribution in [1.29, 1.82) is 0 Å². The Morgan fingerprint density at radius 3 is 2.20 bits per heavy atom. The van der Waals surface area contributed by atoms with Crippen molar-refractivity contribution in [3.8, 4) is 5.75 Å². The first-order valence-electron chi connectivity index (χ1n) is 10.3. The van der Waals surface area contributed by atoms with Crippen LogP contribution in [0.2, 0.25) is 0 Å². The molecule has 1 heterocycles. The summed E-state index contributed by atoms with van der Waals surface area (Å²) >= 11 is 0. The lowest BCUT2D eigenvalue weighted by Crippen LogP contribution is -2.31. The topological polar surface area (TPSA) is 27.7 Å². The Kier molecular flexibility index (Phi) is 9.98. The second kappa shape index (κ2) is 12.3. The fourth-order valence-corrected chi connectivity index (χ4v) is 3.20. The summed E-state index contributed by atoms with van der Waals surface area (Å²) in [6.45, 7) is 6.66. The number of rotatable bonds is 12. The Morgan fingerprint density at radius 1 is 0.840 bits per heavy atom. The largest absolute Gasteiger partial charge is 0.494 e. The molecule has 1 fully saturated rings. The second-order valence-electron chi connectivity index (χ2n) is 7.10. The van der Waals surface area contributed by atoms with E-state index in [9.17, 15) is 0 Å². The number of hydrogen-bond donors (Lipinski definition) is 0. The predicted octanol–water partition coefficient (Wildman–Crippen LogP) is 6.07. The van der Waals surface area contributed by atoms with Crippen LogP contribution in [0.5, 0.6) is 5.75 Å². The van der Waals surface area contributed by atoms with Crippen molar-refractivity contribution in [3.05, 3.63) is 29.8 Å². The molecule has 1 aromatic carbocycles. The molecule has 1 aliphatic rings. The zero-order chi connectivity index (χ0) is 17.7. The van der Waals surface area contributed by atoms with E-state index < -0.39 is 0 Å². The third kappa shape index (κ3) is 7.79. The molecule has 0 saturated carbocycles. The first-order chi connectivity index (χ1) is 12.3. The fraction of sp³-hybridized carbons (Fsp3) is 0.727. The zero-order valence-corrected chi connectivity index (χ0v) is 16.2. The lowest BCUT2D eigenvalue weighted by molar-refractivity contribution is -0.137. The van der Waals surface area contributed by atoms with E-state index in [2.05, 4.69) is 38.1 Å². The monoisotopic (exact) mass is 348 g/mol. The first kappa shape index (κ1) is 20.3. The Morgan fingerprint density at radius 2 is 1.56 bits per heavy atom. The zero-order valence-electron chi connectivity index (χ0n) is 16.2. The van der Waals surface area contributed by atoms with Crippen LogP contribution in [0, 0.1) is 0 Å². The molecule has 1 aliphatic heterocycles. The van der Waals surface area contributed by atoms with Gasteiger partial charge in [0.2, 0.25) is 0 Å². The van der Waals surface area contributed by atoms with E-state index in [1.54, 1.807) is 0 Å². The maximum Gasteiger partial charge on any atom is 0.119 e. The molecule has 2 atom stereocenters. The molecule has 25 heavy (non-hydrogen) atoms. The molecular formula is C22H36O3. The summed E-state index contributed by atoms with van der Waals surface area (Å²) < 4.78 is 17.8. The van der Waals surface area contributed by atoms with Gasteiger partial charge >= 0.3 is 0 Å². The van der Waals surface area contributed by atoms with Gasteiger partial charge in [-0.25, -0.2) is 0 Å². The third-order valence-electron chi connectivity index (χ3n) is 4.86. The van der Waals surface area contributed by atoms with Crippen LogP contribution in [-0.4, -0.2) is 25.9 Å². The quantitative estimate of drug-likeness (QED) is 0.429. The molecule has 142 valence electrons. The van der Waals surface area contributed by atoms with E-state index in [4.69, 9.17) is 14.2 Å². The van der Waals surface area contributed by atoms with Crippen LogP contribution >= 0.6 is 0 Å². The third-order valence-corrected chi connectivity index (χ3v) is 4.86. The van der Waals surface area contributed by atoms with Gasteiger partial charge < -0.3 is 14.2 Å². The minimum absolute atomic E-state index is 0.0606. The maximum absolute atomic E-state index is 6.03. The molecular weight excluding hydrogens is 312 g/mol. The van der Waals surface area contributed by atoms with E-state index >= 15 is 0 Å². The molecule has 1 saturated heterocycles. The number of ether oxygens (including phenoxy) is 3. The van der Waals surface area contributed by atoms with Gasteiger partial charge in [-0.3, -0.25) is 0 Å². The average molecular weight is 349 g/mol. The van der Waals surface area contributed by atoms with Gasteiger partial charge in [0.05, 0.1) is 25.9 Å². The Balaban J connectivity index is 1.65. The molecule has 3 heteroatoms.